The molecule has 2 aromatic carbocycles. The zero-order valence-corrected chi connectivity index (χ0v) is 25.6. The molecule has 0 amide bonds. The first-order chi connectivity index (χ1) is 21.7. The fraction of sp³-hybridized carbons (Fsp3) is 0.424. The van der Waals surface area contributed by atoms with Gasteiger partial charge in [-0.1, -0.05) is 23.4 Å². The zero-order chi connectivity index (χ0) is 31.3. The average molecular weight is 640 g/mol. The third-order valence-corrected chi connectivity index (χ3v) is 9.78. The van der Waals surface area contributed by atoms with E-state index in [1.807, 2.05) is 19.1 Å². The monoisotopic (exact) mass is 639 g/mol. The molecule has 0 radical (unpaired) electrons. The normalized spacial score (nSPS) is 21.3. The Labute approximate surface area is 262 Å². The smallest absolute Gasteiger partial charge is 0.465 e. The molecule has 8 nitrogen and oxygen atoms in total. The molecule has 3 atom stereocenters. The molecule has 3 aliphatic rings. The maximum Gasteiger partial charge on any atom is 0.573 e. The summed E-state index contributed by atoms with van der Waals surface area (Å²) in [5, 5.41) is 7.24. The van der Waals surface area contributed by atoms with Crippen molar-refractivity contribution in [3.8, 4) is 28.3 Å². The lowest BCUT2D eigenvalue weighted by Gasteiger charge is -2.38. The number of carbonyl (C=O) groups is 1. The van der Waals surface area contributed by atoms with E-state index in [2.05, 4.69) is 20.2 Å². The molecular weight excluding hydrogens is 607 g/mol. The number of aromatic nitrogens is 2. The second-order valence-corrected chi connectivity index (χ2v) is 12.8. The van der Waals surface area contributed by atoms with Gasteiger partial charge in [-0.15, -0.1) is 24.5 Å². The fourth-order valence-corrected chi connectivity index (χ4v) is 7.66. The highest BCUT2D eigenvalue weighted by Crippen LogP contribution is 2.47. The van der Waals surface area contributed by atoms with Crippen LogP contribution in [0.3, 0.4) is 0 Å². The average Bonchev–Trinajstić information content (AvgIpc) is 3.48. The number of fused-ring (bicyclic) bond motifs is 2. The standard InChI is InChI=1S/C33H32F3N3O5S/c1-18-13-20(31(40)41-2)9-12-24(18)27-17-45-32(37-27)39-21-10-11-22(39)15-23(14-21)42-16-26-29(38-44-30(26)19-7-8-19)25-5-3-4-6-28(25)43-33(34,35)36/h3-6,9,12-13,17,19,21-23H,7-8,10-11,14-16H2,1-2H3/t21-,22+,23+. The van der Waals surface area contributed by atoms with E-state index in [-0.39, 0.29) is 48.0 Å². The van der Waals surface area contributed by atoms with Gasteiger partial charge in [0.15, 0.2) is 5.13 Å². The SMILES string of the molecule is COC(=O)c1ccc(-c2csc(N3[C@@H]4CC[C@H]3C[C@@H](OCc3c(-c5ccccc5OC(F)(F)F)noc3C3CC3)C4)n2)c(C)c1. The first-order valence-corrected chi connectivity index (χ1v) is 15.9. The summed E-state index contributed by atoms with van der Waals surface area (Å²) in [5.41, 5.74) is 4.59. The lowest BCUT2D eigenvalue weighted by molar-refractivity contribution is -0.274. The van der Waals surface area contributed by atoms with E-state index in [1.165, 1.54) is 19.2 Å². The van der Waals surface area contributed by atoms with Crippen LogP contribution in [0.15, 0.2) is 52.4 Å². The number of aryl methyl sites for hydroxylation is 1. The Bertz CT molecular complexity index is 1700. The molecule has 2 aliphatic heterocycles. The van der Waals surface area contributed by atoms with Gasteiger partial charge in [0.05, 0.1) is 31.1 Å². The Morgan fingerprint density at radius 1 is 1.07 bits per heavy atom. The van der Waals surface area contributed by atoms with E-state index in [0.717, 1.165) is 60.5 Å². The highest BCUT2D eigenvalue weighted by molar-refractivity contribution is 7.14. The molecule has 2 saturated heterocycles. The predicted octanol–water partition coefficient (Wildman–Crippen LogP) is 8.05. The van der Waals surface area contributed by atoms with Crippen molar-refractivity contribution in [1.29, 1.82) is 0 Å². The van der Waals surface area contributed by atoms with Gasteiger partial charge in [-0.05, 0) is 75.3 Å². The van der Waals surface area contributed by atoms with Crippen LogP contribution in [0, 0.1) is 6.92 Å². The number of thiazole rings is 1. The van der Waals surface area contributed by atoms with Gasteiger partial charge in [0.1, 0.15) is 17.2 Å². The molecule has 3 fully saturated rings. The van der Waals surface area contributed by atoms with E-state index in [0.29, 0.717) is 22.6 Å². The van der Waals surface area contributed by atoms with Crippen LogP contribution in [0.2, 0.25) is 0 Å². The summed E-state index contributed by atoms with van der Waals surface area (Å²) < 4.78 is 60.8. The quantitative estimate of drug-likeness (QED) is 0.170. The third-order valence-electron chi connectivity index (χ3n) is 8.92. The van der Waals surface area contributed by atoms with Crippen LogP contribution in [0.1, 0.15) is 71.7 Å². The van der Waals surface area contributed by atoms with Crippen molar-refractivity contribution in [1.82, 2.24) is 10.1 Å². The van der Waals surface area contributed by atoms with Gasteiger partial charge in [0.25, 0.3) is 0 Å². The predicted molar refractivity (Wildman–Crippen MR) is 161 cm³/mol. The number of nitrogens with zero attached hydrogens (tertiary/aromatic N) is 3. The van der Waals surface area contributed by atoms with E-state index < -0.39 is 6.36 Å². The molecule has 2 aromatic heterocycles. The van der Waals surface area contributed by atoms with Crippen LogP contribution in [0.5, 0.6) is 5.75 Å². The number of piperidine rings is 1. The summed E-state index contributed by atoms with van der Waals surface area (Å²) in [6.07, 6.45) is 0.806. The minimum Gasteiger partial charge on any atom is -0.465 e. The minimum absolute atomic E-state index is 0.0113. The van der Waals surface area contributed by atoms with Gasteiger partial charge in [-0.2, -0.15) is 0 Å². The minimum atomic E-state index is -4.82. The summed E-state index contributed by atoms with van der Waals surface area (Å²) in [6.45, 7) is 2.17. The van der Waals surface area contributed by atoms with E-state index in [9.17, 15) is 18.0 Å². The second kappa shape index (κ2) is 11.8. The number of para-hydroxylation sites is 1. The molecule has 0 spiro atoms. The molecule has 0 N–H and O–H groups in total. The summed E-state index contributed by atoms with van der Waals surface area (Å²) in [5.74, 6) is 0.218. The number of alkyl halides is 3. The fourth-order valence-electron chi connectivity index (χ4n) is 6.69. The van der Waals surface area contributed by atoms with Crippen LogP contribution in [0.4, 0.5) is 18.3 Å². The molecule has 236 valence electrons. The van der Waals surface area contributed by atoms with Gasteiger partial charge < -0.3 is 23.6 Å². The number of methoxy groups -OCH3 is 1. The Morgan fingerprint density at radius 3 is 2.51 bits per heavy atom. The number of halogens is 3. The Morgan fingerprint density at radius 2 is 1.82 bits per heavy atom. The van der Waals surface area contributed by atoms with Crippen LogP contribution in [0.25, 0.3) is 22.5 Å². The Kier molecular flexibility index (Phi) is 7.81. The molecule has 2 bridgehead atoms. The van der Waals surface area contributed by atoms with Crippen molar-refractivity contribution in [2.45, 2.75) is 82.5 Å². The largest absolute Gasteiger partial charge is 0.573 e. The topological polar surface area (TPSA) is 86.9 Å². The summed E-state index contributed by atoms with van der Waals surface area (Å²) >= 11 is 1.62. The van der Waals surface area contributed by atoms with Gasteiger partial charge >= 0.3 is 12.3 Å². The molecule has 1 aliphatic carbocycles. The molecule has 0 unspecified atom stereocenters. The van der Waals surface area contributed by atoms with Crippen LogP contribution < -0.4 is 9.64 Å². The van der Waals surface area contributed by atoms with Crippen molar-refractivity contribution in [2.75, 3.05) is 12.0 Å². The molecule has 1 saturated carbocycles. The number of benzene rings is 2. The van der Waals surface area contributed by atoms with Gasteiger partial charge in [0, 0.05) is 40.1 Å². The van der Waals surface area contributed by atoms with Gasteiger partial charge in [-0.25, -0.2) is 9.78 Å². The van der Waals surface area contributed by atoms with Crippen LogP contribution in [-0.4, -0.2) is 47.8 Å². The van der Waals surface area contributed by atoms with E-state index in [4.69, 9.17) is 19.0 Å². The first-order valence-electron chi connectivity index (χ1n) is 15.1. The Balaban J connectivity index is 1.06. The maximum absolute atomic E-state index is 13.2. The number of carbonyl (C=O) groups excluding carboxylic acids is 1. The van der Waals surface area contributed by atoms with E-state index >= 15 is 0 Å². The molecule has 45 heavy (non-hydrogen) atoms. The van der Waals surface area contributed by atoms with Crippen LogP contribution in [-0.2, 0) is 16.1 Å². The Hall–Kier alpha value is -3.90. The highest BCUT2D eigenvalue weighted by atomic mass is 32.1. The molecule has 4 heterocycles. The van der Waals surface area contributed by atoms with Crippen molar-refractivity contribution >= 4 is 22.4 Å². The van der Waals surface area contributed by atoms with Crippen molar-refractivity contribution in [3.05, 3.63) is 70.3 Å². The zero-order valence-electron chi connectivity index (χ0n) is 24.8. The lowest BCUT2D eigenvalue weighted by Crippen LogP contribution is -2.45. The second-order valence-electron chi connectivity index (χ2n) is 11.9. The lowest BCUT2D eigenvalue weighted by atomic mass is 9.99. The summed E-state index contributed by atoms with van der Waals surface area (Å²) in [6, 6.07) is 12.1. The number of esters is 1. The number of anilines is 1. The van der Waals surface area contributed by atoms with Crippen molar-refractivity contribution in [2.24, 2.45) is 0 Å². The van der Waals surface area contributed by atoms with E-state index in [1.54, 1.807) is 29.5 Å². The highest BCUT2D eigenvalue weighted by Gasteiger charge is 2.43. The molecule has 4 aromatic rings. The number of rotatable bonds is 9. The molecule has 7 rings (SSSR count). The maximum atomic E-state index is 13.2. The first kappa shape index (κ1) is 29.8. The molecular formula is C33H32F3N3O5S. The summed E-state index contributed by atoms with van der Waals surface area (Å²) in [4.78, 5) is 19.4. The van der Waals surface area contributed by atoms with Gasteiger partial charge in [-0.3, -0.25) is 0 Å². The van der Waals surface area contributed by atoms with Crippen LogP contribution >= 0.6 is 11.3 Å². The van der Waals surface area contributed by atoms with Crippen molar-refractivity contribution in [3.63, 3.8) is 0 Å². The molecule has 12 heteroatoms. The van der Waals surface area contributed by atoms with Gasteiger partial charge in [0.2, 0.25) is 0 Å². The number of ether oxygens (including phenoxy) is 3. The number of hydrogen-bond acceptors (Lipinski definition) is 9. The number of hydrogen-bond donors (Lipinski definition) is 0. The van der Waals surface area contributed by atoms with Crippen molar-refractivity contribution < 1.29 is 36.7 Å². The third kappa shape index (κ3) is 6.05. The summed E-state index contributed by atoms with van der Waals surface area (Å²) in [7, 11) is 1.37.